The van der Waals surface area contributed by atoms with Gasteiger partial charge in [-0.2, -0.15) is 0 Å². The van der Waals surface area contributed by atoms with E-state index < -0.39 is 0 Å². The van der Waals surface area contributed by atoms with Gasteiger partial charge in [-0.1, -0.05) is 114 Å². The van der Waals surface area contributed by atoms with Crippen molar-refractivity contribution in [3.05, 3.63) is 139 Å². The molecule has 5 nitrogen and oxygen atoms in total. The molecule has 48 heavy (non-hydrogen) atoms. The molecule has 3 heterocycles. The maximum absolute atomic E-state index is 11.9. The van der Waals surface area contributed by atoms with E-state index in [1.165, 1.54) is 0 Å². The van der Waals surface area contributed by atoms with Crippen molar-refractivity contribution < 1.29 is 5.11 Å². The van der Waals surface area contributed by atoms with E-state index >= 15 is 0 Å². The third-order valence-corrected chi connectivity index (χ3v) is 8.94. The Balaban J connectivity index is 1.45. The van der Waals surface area contributed by atoms with E-state index in [0.717, 1.165) is 61.4 Å². The number of nitrogens with zero attached hydrogens (tertiary/aromatic N) is 4. The zero-order valence-electron chi connectivity index (χ0n) is 28.4. The topological polar surface area (TPSA) is 63.8 Å². The van der Waals surface area contributed by atoms with Crippen LogP contribution in [0.25, 0.3) is 61.6 Å². The molecule has 0 aliphatic carbocycles. The SMILES string of the molecule is CC(C)(C)c1cc(-c2nc3c(-c4cccc(-c5cc(-c6ccccc6)ccn5)c4)cncc3n2-c2ccccc2)c(O)c(C(C)(C)C)c1. The molecular formula is C43H40N4O. The van der Waals surface area contributed by atoms with Crippen LogP contribution in [0.2, 0.25) is 0 Å². The summed E-state index contributed by atoms with van der Waals surface area (Å²) in [5.74, 6) is 0.928. The first-order valence-corrected chi connectivity index (χ1v) is 16.4. The second-order valence-corrected chi connectivity index (χ2v) is 14.5. The molecule has 0 aliphatic heterocycles. The number of fused-ring (bicyclic) bond motifs is 1. The van der Waals surface area contributed by atoms with E-state index in [4.69, 9.17) is 15.0 Å². The van der Waals surface area contributed by atoms with Crippen LogP contribution in [0.3, 0.4) is 0 Å². The molecule has 5 heteroatoms. The number of pyridine rings is 2. The fourth-order valence-corrected chi connectivity index (χ4v) is 6.28. The van der Waals surface area contributed by atoms with Gasteiger partial charge in [-0.25, -0.2) is 4.98 Å². The zero-order chi connectivity index (χ0) is 33.6. The van der Waals surface area contributed by atoms with Crippen molar-refractivity contribution in [2.75, 3.05) is 0 Å². The van der Waals surface area contributed by atoms with Crippen LogP contribution in [0.5, 0.6) is 5.75 Å². The maximum Gasteiger partial charge on any atom is 0.149 e. The molecule has 0 aliphatic rings. The van der Waals surface area contributed by atoms with E-state index in [0.29, 0.717) is 11.4 Å². The summed E-state index contributed by atoms with van der Waals surface area (Å²) in [6.07, 6.45) is 5.62. The minimum atomic E-state index is -0.275. The molecule has 1 N–H and O–H groups in total. The Morgan fingerprint density at radius 1 is 0.604 bits per heavy atom. The first kappa shape index (κ1) is 31.1. The van der Waals surface area contributed by atoms with Gasteiger partial charge in [-0.05, 0) is 69.5 Å². The fourth-order valence-electron chi connectivity index (χ4n) is 6.28. The number of phenols is 1. The van der Waals surface area contributed by atoms with Crippen LogP contribution in [-0.2, 0) is 10.8 Å². The Hall–Kier alpha value is -5.55. The highest BCUT2D eigenvalue weighted by Gasteiger charge is 2.28. The molecule has 0 saturated carbocycles. The lowest BCUT2D eigenvalue weighted by Gasteiger charge is -2.27. The van der Waals surface area contributed by atoms with Crippen molar-refractivity contribution in [1.82, 2.24) is 19.5 Å². The van der Waals surface area contributed by atoms with Gasteiger partial charge < -0.3 is 5.11 Å². The normalized spacial score (nSPS) is 12.0. The van der Waals surface area contributed by atoms with Crippen LogP contribution in [0, 0.1) is 0 Å². The largest absolute Gasteiger partial charge is 0.507 e. The standard InChI is InChI=1S/C43H40N4O/c1-42(2,3)32-24-34(40(48)36(25-32)43(4,5)6)41-46-39-35(26-44-27-38(39)47(41)33-18-11-8-12-19-33)30-16-13-17-31(22-30)37-23-29(20-21-45-37)28-14-9-7-10-15-28/h7-27,48H,1-6H3. The number of phenolic OH excluding ortho intramolecular Hbond substituents is 1. The Morgan fingerprint density at radius 2 is 1.29 bits per heavy atom. The average Bonchev–Trinajstić information content (AvgIpc) is 3.48. The number of aromatic nitrogens is 4. The monoisotopic (exact) mass is 628 g/mol. The van der Waals surface area contributed by atoms with Gasteiger partial charge in [0.15, 0.2) is 0 Å². The van der Waals surface area contributed by atoms with Gasteiger partial charge in [0.25, 0.3) is 0 Å². The highest BCUT2D eigenvalue weighted by Crippen LogP contribution is 2.44. The van der Waals surface area contributed by atoms with Crippen molar-refractivity contribution in [2.24, 2.45) is 0 Å². The molecule has 3 aromatic heterocycles. The summed E-state index contributed by atoms with van der Waals surface area (Å²) < 4.78 is 2.12. The van der Waals surface area contributed by atoms with Crippen LogP contribution >= 0.6 is 0 Å². The summed E-state index contributed by atoms with van der Waals surface area (Å²) in [4.78, 5) is 14.8. The molecule has 0 bridgehead atoms. The number of imidazole rings is 1. The molecule has 7 rings (SSSR count). The van der Waals surface area contributed by atoms with E-state index in [2.05, 4.69) is 125 Å². The van der Waals surface area contributed by atoms with E-state index in [1.54, 1.807) is 0 Å². The number of para-hydroxylation sites is 1. The third-order valence-electron chi connectivity index (χ3n) is 8.94. The minimum Gasteiger partial charge on any atom is -0.507 e. The lowest BCUT2D eigenvalue weighted by molar-refractivity contribution is 0.446. The molecule has 4 aromatic carbocycles. The van der Waals surface area contributed by atoms with Crippen molar-refractivity contribution in [2.45, 2.75) is 52.4 Å². The summed E-state index contributed by atoms with van der Waals surface area (Å²) in [7, 11) is 0. The first-order chi connectivity index (χ1) is 23.0. The van der Waals surface area contributed by atoms with Crippen molar-refractivity contribution in [1.29, 1.82) is 0 Å². The zero-order valence-corrected chi connectivity index (χ0v) is 28.4. The number of rotatable bonds is 5. The molecule has 0 unspecified atom stereocenters. The molecule has 7 aromatic rings. The summed E-state index contributed by atoms with van der Waals surface area (Å²) in [6.45, 7) is 13.0. The summed E-state index contributed by atoms with van der Waals surface area (Å²) in [5.41, 5.74) is 11.0. The molecule has 0 amide bonds. The molecule has 0 atom stereocenters. The molecule has 0 saturated heterocycles. The Bertz CT molecular complexity index is 2260. The van der Waals surface area contributed by atoms with E-state index in [-0.39, 0.29) is 16.6 Å². The second-order valence-electron chi connectivity index (χ2n) is 14.5. The van der Waals surface area contributed by atoms with Crippen LogP contribution < -0.4 is 0 Å². The highest BCUT2D eigenvalue weighted by molar-refractivity contribution is 5.96. The number of hydrogen-bond donors (Lipinski definition) is 1. The van der Waals surface area contributed by atoms with Crippen molar-refractivity contribution >= 4 is 11.0 Å². The smallest absolute Gasteiger partial charge is 0.149 e. The lowest BCUT2D eigenvalue weighted by atomic mass is 9.79. The quantitative estimate of drug-likeness (QED) is 0.206. The van der Waals surface area contributed by atoms with Gasteiger partial charge in [0.05, 0.1) is 23.0 Å². The summed E-state index contributed by atoms with van der Waals surface area (Å²) in [6, 6.07) is 37.4. The number of benzene rings is 4. The molecule has 0 spiro atoms. The van der Waals surface area contributed by atoms with Gasteiger partial charge in [0.1, 0.15) is 17.1 Å². The van der Waals surface area contributed by atoms with Gasteiger partial charge in [0, 0.05) is 34.8 Å². The molecule has 238 valence electrons. The van der Waals surface area contributed by atoms with E-state index in [1.807, 2.05) is 48.9 Å². The van der Waals surface area contributed by atoms with Gasteiger partial charge in [0.2, 0.25) is 0 Å². The van der Waals surface area contributed by atoms with Gasteiger partial charge >= 0.3 is 0 Å². The van der Waals surface area contributed by atoms with Crippen LogP contribution in [0.4, 0.5) is 0 Å². The van der Waals surface area contributed by atoms with Crippen LogP contribution in [0.1, 0.15) is 52.7 Å². The average molecular weight is 629 g/mol. The van der Waals surface area contributed by atoms with Gasteiger partial charge in [-0.3, -0.25) is 14.5 Å². The predicted octanol–water partition coefficient (Wildman–Crippen LogP) is 10.8. The first-order valence-electron chi connectivity index (χ1n) is 16.4. The highest BCUT2D eigenvalue weighted by atomic mass is 16.3. The second kappa shape index (κ2) is 11.9. The van der Waals surface area contributed by atoms with Crippen molar-refractivity contribution in [3.63, 3.8) is 0 Å². The summed E-state index contributed by atoms with van der Waals surface area (Å²) in [5, 5.41) is 11.9. The third kappa shape index (κ3) is 5.77. The van der Waals surface area contributed by atoms with Crippen molar-refractivity contribution in [3.8, 4) is 56.3 Å². The molecule has 0 fully saturated rings. The summed E-state index contributed by atoms with van der Waals surface area (Å²) >= 11 is 0. The Morgan fingerprint density at radius 3 is 2.00 bits per heavy atom. The molecule has 0 radical (unpaired) electrons. The number of hydrogen-bond acceptors (Lipinski definition) is 4. The minimum absolute atomic E-state index is 0.134. The number of aromatic hydroxyl groups is 1. The maximum atomic E-state index is 11.9. The fraction of sp³-hybridized carbons (Fsp3) is 0.186. The Labute approximate surface area is 282 Å². The van der Waals surface area contributed by atoms with Crippen LogP contribution in [-0.4, -0.2) is 24.6 Å². The Kier molecular flexibility index (Phi) is 7.71. The van der Waals surface area contributed by atoms with Gasteiger partial charge in [-0.15, -0.1) is 0 Å². The molecular weight excluding hydrogens is 589 g/mol. The van der Waals surface area contributed by atoms with E-state index in [9.17, 15) is 5.11 Å². The van der Waals surface area contributed by atoms with Crippen LogP contribution in [0.15, 0.2) is 128 Å². The lowest BCUT2D eigenvalue weighted by Crippen LogP contribution is -2.17. The predicted molar refractivity (Wildman–Crippen MR) is 197 cm³/mol.